The van der Waals surface area contributed by atoms with Crippen molar-refractivity contribution < 1.29 is 19.1 Å². The van der Waals surface area contributed by atoms with Crippen molar-refractivity contribution >= 4 is 17.8 Å². The molecule has 1 saturated carbocycles. The molecule has 3 fully saturated rings. The highest BCUT2D eigenvalue weighted by molar-refractivity contribution is 6.13. The van der Waals surface area contributed by atoms with Crippen molar-refractivity contribution in [2.75, 3.05) is 26.7 Å². The number of carbonyl (C=O) groups excluding carboxylic acids is 3. The van der Waals surface area contributed by atoms with Crippen LogP contribution in [0.15, 0.2) is 0 Å². The average molecular weight is 266 g/mol. The number of piperidine rings is 2. The molecular formula is C13H18N2O4. The third-order valence-electron chi connectivity index (χ3n) is 4.44. The van der Waals surface area contributed by atoms with E-state index >= 15 is 0 Å². The Morgan fingerprint density at radius 2 is 2.05 bits per heavy atom. The van der Waals surface area contributed by atoms with E-state index < -0.39 is 23.7 Å². The summed E-state index contributed by atoms with van der Waals surface area (Å²) in [5, 5.41) is 3.27. The molecule has 1 N–H and O–H groups in total. The SMILES string of the molecule is COC(=O)C1C2C(=O)N(CC3CCCNC3)C(=O)C12. The third-order valence-corrected chi connectivity index (χ3v) is 4.44. The first-order valence-electron chi connectivity index (χ1n) is 6.79. The maximum Gasteiger partial charge on any atom is 0.310 e. The molecule has 0 spiro atoms. The fourth-order valence-electron chi connectivity index (χ4n) is 3.34. The highest BCUT2D eigenvalue weighted by atomic mass is 16.5. The van der Waals surface area contributed by atoms with Gasteiger partial charge in [0.2, 0.25) is 11.8 Å². The van der Waals surface area contributed by atoms with Crippen LogP contribution in [-0.2, 0) is 19.1 Å². The molecule has 3 atom stereocenters. The summed E-state index contributed by atoms with van der Waals surface area (Å²) < 4.78 is 4.62. The van der Waals surface area contributed by atoms with Crippen molar-refractivity contribution in [3.8, 4) is 0 Å². The Kier molecular flexibility index (Phi) is 3.05. The summed E-state index contributed by atoms with van der Waals surface area (Å²) in [6, 6.07) is 0. The minimum atomic E-state index is -0.522. The number of carbonyl (C=O) groups is 3. The Hall–Kier alpha value is -1.43. The molecule has 0 radical (unpaired) electrons. The van der Waals surface area contributed by atoms with E-state index in [1.165, 1.54) is 12.0 Å². The Balaban J connectivity index is 1.63. The second kappa shape index (κ2) is 4.59. The molecule has 6 heteroatoms. The molecule has 19 heavy (non-hydrogen) atoms. The second-order valence-corrected chi connectivity index (χ2v) is 5.60. The van der Waals surface area contributed by atoms with E-state index in [0.29, 0.717) is 12.5 Å². The Morgan fingerprint density at radius 1 is 1.37 bits per heavy atom. The number of ether oxygens (including phenoxy) is 1. The lowest BCUT2D eigenvalue weighted by atomic mass is 9.99. The number of esters is 1. The first-order chi connectivity index (χ1) is 9.15. The fourth-order valence-corrected chi connectivity index (χ4v) is 3.34. The summed E-state index contributed by atoms with van der Waals surface area (Å²) in [7, 11) is 1.29. The van der Waals surface area contributed by atoms with Gasteiger partial charge in [0.25, 0.3) is 0 Å². The van der Waals surface area contributed by atoms with Crippen molar-refractivity contribution in [1.29, 1.82) is 0 Å². The van der Waals surface area contributed by atoms with Gasteiger partial charge < -0.3 is 10.1 Å². The van der Waals surface area contributed by atoms with E-state index in [2.05, 4.69) is 10.1 Å². The van der Waals surface area contributed by atoms with E-state index in [4.69, 9.17) is 0 Å². The van der Waals surface area contributed by atoms with Crippen molar-refractivity contribution in [2.24, 2.45) is 23.7 Å². The summed E-state index contributed by atoms with van der Waals surface area (Å²) in [5.74, 6) is -1.88. The number of hydrogen-bond donors (Lipinski definition) is 1. The van der Waals surface area contributed by atoms with E-state index in [1.807, 2.05) is 0 Å². The number of imide groups is 1. The number of hydrogen-bond acceptors (Lipinski definition) is 5. The maximum atomic E-state index is 12.1. The van der Waals surface area contributed by atoms with Gasteiger partial charge in [-0.1, -0.05) is 0 Å². The van der Waals surface area contributed by atoms with Gasteiger partial charge >= 0.3 is 5.97 Å². The van der Waals surface area contributed by atoms with Gasteiger partial charge in [0, 0.05) is 6.54 Å². The van der Waals surface area contributed by atoms with E-state index in [-0.39, 0.29) is 11.8 Å². The molecule has 2 amide bonds. The molecule has 6 nitrogen and oxygen atoms in total. The van der Waals surface area contributed by atoms with E-state index in [9.17, 15) is 14.4 Å². The molecular weight excluding hydrogens is 248 g/mol. The summed E-state index contributed by atoms with van der Waals surface area (Å²) in [4.78, 5) is 37.1. The molecule has 3 rings (SSSR count). The van der Waals surface area contributed by atoms with Crippen LogP contribution in [0.5, 0.6) is 0 Å². The molecule has 3 unspecified atom stereocenters. The molecule has 1 aliphatic carbocycles. The van der Waals surface area contributed by atoms with Gasteiger partial charge in [0.15, 0.2) is 0 Å². The fraction of sp³-hybridized carbons (Fsp3) is 0.769. The van der Waals surface area contributed by atoms with Crippen LogP contribution in [0, 0.1) is 23.7 Å². The highest BCUT2D eigenvalue weighted by Crippen LogP contribution is 2.54. The van der Waals surface area contributed by atoms with Gasteiger partial charge in [0.1, 0.15) is 0 Å². The van der Waals surface area contributed by atoms with Gasteiger partial charge in [-0.05, 0) is 31.8 Å². The van der Waals surface area contributed by atoms with Gasteiger partial charge in [-0.2, -0.15) is 0 Å². The highest BCUT2D eigenvalue weighted by Gasteiger charge is 2.70. The van der Waals surface area contributed by atoms with Crippen LogP contribution in [0.2, 0.25) is 0 Å². The minimum Gasteiger partial charge on any atom is -0.469 e. The van der Waals surface area contributed by atoms with E-state index in [1.54, 1.807) is 0 Å². The topological polar surface area (TPSA) is 75.7 Å². The normalized spacial score (nSPS) is 37.2. The minimum absolute atomic E-state index is 0.184. The number of nitrogens with zero attached hydrogens (tertiary/aromatic N) is 1. The summed E-state index contributed by atoms with van der Waals surface area (Å²) >= 11 is 0. The van der Waals surface area contributed by atoms with Crippen LogP contribution in [0.25, 0.3) is 0 Å². The van der Waals surface area contributed by atoms with Gasteiger partial charge in [-0.3, -0.25) is 19.3 Å². The zero-order valence-corrected chi connectivity index (χ0v) is 10.9. The zero-order chi connectivity index (χ0) is 13.6. The maximum absolute atomic E-state index is 12.1. The molecule has 0 aromatic carbocycles. The van der Waals surface area contributed by atoms with Gasteiger partial charge in [0.05, 0.1) is 24.9 Å². The average Bonchev–Trinajstić information content (AvgIpc) is 3.13. The monoisotopic (exact) mass is 266 g/mol. The lowest BCUT2D eigenvalue weighted by molar-refractivity contribution is -0.150. The Labute approximate surface area is 111 Å². The van der Waals surface area contributed by atoms with Crippen LogP contribution in [-0.4, -0.2) is 49.4 Å². The molecule has 3 aliphatic rings. The van der Waals surface area contributed by atoms with Gasteiger partial charge in [-0.15, -0.1) is 0 Å². The van der Waals surface area contributed by atoms with Gasteiger partial charge in [-0.25, -0.2) is 0 Å². The first-order valence-corrected chi connectivity index (χ1v) is 6.79. The molecule has 0 aromatic heterocycles. The number of methoxy groups -OCH3 is 1. The molecule has 2 aliphatic heterocycles. The predicted octanol–water partition coefficient (Wildman–Crippen LogP) is -0.610. The number of rotatable bonds is 3. The van der Waals surface area contributed by atoms with Crippen molar-refractivity contribution in [1.82, 2.24) is 10.2 Å². The third kappa shape index (κ3) is 1.94. The molecule has 2 saturated heterocycles. The summed E-state index contributed by atoms with van der Waals surface area (Å²) in [6.45, 7) is 2.35. The quantitative estimate of drug-likeness (QED) is 0.545. The molecule has 2 heterocycles. The van der Waals surface area contributed by atoms with Crippen LogP contribution in [0.3, 0.4) is 0 Å². The van der Waals surface area contributed by atoms with Crippen LogP contribution in [0.4, 0.5) is 0 Å². The lowest BCUT2D eigenvalue weighted by Crippen LogP contribution is -2.43. The molecule has 0 bridgehead atoms. The Bertz CT molecular complexity index is 408. The largest absolute Gasteiger partial charge is 0.469 e. The van der Waals surface area contributed by atoms with Crippen molar-refractivity contribution in [3.05, 3.63) is 0 Å². The molecule has 0 aromatic rings. The first kappa shape index (κ1) is 12.6. The van der Waals surface area contributed by atoms with Crippen molar-refractivity contribution in [3.63, 3.8) is 0 Å². The Morgan fingerprint density at radius 3 is 2.58 bits per heavy atom. The number of amides is 2. The van der Waals surface area contributed by atoms with Crippen LogP contribution in [0.1, 0.15) is 12.8 Å². The van der Waals surface area contributed by atoms with Crippen LogP contribution >= 0.6 is 0 Å². The number of nitrogens with one attached hydrogen (secondary N) is 1. The predicted molar refractivity (Wildman–Crippen MR) is 64.8 cm³/mol. The van der Waals surface area contributed by atoms with Crippen LogP contribution < -0.4 is 5.32 Å². The van der Waals surface area contributed by atoms with Crippen molar-refractivity contribution in [2.45, 2.75) is 12.8 Å². The standard InChI is InChI=1S/C13H18N2O4/c1-19-13(18)10-8-9(10)12(17)15(11(8)16)6-7-3-2-4-14-5-7/h7-10,14H,2-6H2,1H3. The summed E-state index contributed by atoms with van der Waals surface area (Å²) in [6.07, 6.45) is 2.12. The molecule has 104 valence electrons. The number of likely N-dealkylation sites (tertiary alicyclic amines) is 1. The second-order valence-electron chi connectivity index (χ2n) is 5.60. The smallest absolute Gasteiger partial charge is 0.310 e. The zero-order valence-electron chi connectivity index (χ0n) is 10.9. The number of fused-ring (bicyclic) bond motifs is 1. The summed E-state index contributed by atoms with van der Waals surface area (Å²) in [5.41, 5.74) is 0. The van der Waals surface area contributed by atoms with E-state index in [0.717, 1.165) is 25.9 Å². The lowest BCUT2D eigenvalue weighted by Gasteiger charge is -2.27.